The maximum Gasteiger partial charge on any atom is 0.312 e. The van der Waals surface area contributed by atoms with Gasteiger partial charge < -0.3 is 33.2 Å². The minimum atomic E-state index is -0.372. The third-order valence-electron chi connectivity index (χ3n) is 19.0. The monoisotopic (exact) mass is 1330 g/mol. The van der Waals surface area contributed by atoms with Gasteiger partial charge in [-0.1, -0.05) is 136 Å². The molecule has 14 heteroatoms. The van der Waals surface area contributed by atoms with Gasteiger partial charge in [-0.2, -0.15) is 0 Å². The molecule has 3 saturated carbocycles. The lowest BCUT2D eigenvalue weighted by Crippen LogP contribution is -2.38. The first-order chi connectivity index (χ1) is 42.6. The van der Waals surface area contributed by atoms with Gasteiger partial charge in [-0.25, -0.2) is 0 Å². The van der Waals surface area contributed by atoms with E-state index in [0.717, 1.165) is 116 Å². The fourth-order valence-corrected chi connectivity index (χ4v) is 9.00. The Morgan fingerprint density at radius 2 is 0.613 bits per heavy atom. The molecule has 0 heterocycles. The van der Waals surface area contributed by atoms with Gasteiger partial charge in [-0.15, -0.1) is 0 Å². The van der Waals surface area contributed by atoms with Crippen LogP contribution in [0.4, 0.5) is 0 Å². The van der Waals surface area contributed by atoms with Crippen LogP contribution in [0.1, 0.15) is 388 Å². The second-order valence-electron chi connectivity index (χ2n) is 32.0. The summed E-state index contributed by atoms with van der Waals surface area (Å²) < 4.78 is 38.3. The SMILES string of the molecule is CCC(C)(C)C(=O)OC(C)(C)C.CCC(C)(C)OC(=O)C(C)(C)CC.CCC(C)C(=O)OC(C)(C)C.CCC(C)C(=O)OC(C)(C)CC.CCC(C)C(=O)OC1(C)CCCCC1.CCC(C)C(=O)OC1(CC)CCCCC1.CCCC1(OC(=O)C(C)CC)CCCCC1. The lowest BCUT2D eigenvalue weighted by Gasteiger charge is -2.37. The van der Waals surface area contributed by atoms with E-state index in [1.54, 1.807) is 0 Å². The summed E-state index contributed by atoms with van der Waals surface area (Å²) in [6, 6.07) is 0. The van der Waals surface area contributed by atoms with Crippen molar-refractivity contribution in [2.24, 2.45) is 40.4 Å². The summed E-state index contributed by atoms with van der Waals surface area (Å²) in [5.74, 6) is -0.190. The molecular weight excluding hydrogens is 1170 g/mol. The van der Waals surface area contributed by atoms with Crippen LogP contribution in [0.5, 0.6) is 0 Å². The Hall–Kier alpha value is -3.71. The van der Waals surface area contributed by atoms with Crippen molar-refractivity contribution in [3.63, 3.8) is 0 Å². The second-order valence-corrected chi connectivity index (χ2v) is 32.0. The number of esters is 7. The standard InChI is InChI=1S/C14H26O2.C13H24O2.C12H22O2.C11H22O2.2C10H20O2.C9H18O2/c1-4-9-14(10-7-6-8-11-14)16-13(15)12(3)5-2;1-4-11(3)12(14)15-13(5-2)9-7-6-8-10-13;1-4-10(2)11(13)14-12(3)8-6-5-7-9-12;1-7-10(3,4)9(12)13-11(5,6)8-2;1-7-10(5,6)8(11)12-9(2,3)4;1-6-8(3)9(11)12-10(4,5)7-2;1-6-7(2)8(10)11-9(3,4)5/h12H,4-11H2,1-3H3;11H,4-10H2,1-3H3;10H,4-9H2,1-3H3;7-8H2,1-6H3;7H2,1-6H3;8H,6-7H2,1-5H3;7H,6H2,1-5H3. The van der Waals surface area contributed by atoms with Gasteiger partial charge in [0.1, 0.15) is 39.2 Å². The smallest absolute Gasteiger partial charge is 0.312 e. The minimum Gasteiger partial charge on any atom is -0.460 e. The van der Waals surface area contributed by atoms with Crippen LogP contribution in [0.2, 0.25) is 0 Å². The van der Waals surface area contributed by atoms with E-state index in [1.165, 1.54) is 57.8 Å². The fourth-order valence-electron chi connectivity index (χ4n) is 9.00. The van der Waals surface area contributed by atoms with Gasteiger partial charge in [0.15, 0.2) is 0 Å². The van der Waals surface area contributed by atoms with Gasteiger partial charge in [0.25, 0.3) is 0 Å². The number of hydrogen-bond acceptors (Lipinski definition) is 14. The molecule has 0 aromatic rings. The van der Waals surface area contributed by atoms with Gasteiger partial charge in [0.2, 0.25) is 0 Å². The predicted molar refractivity (Wildman–Crippen MR) is 385 cm³/mol. The van der Waals surface area contributed by atoms with Crippen LogP contribution < -0.4 is 0 Å². The zero-order valence-electron chi connectivity index (χ0n) is 66.7. The average Bonchev–Trinajstić information content (AvgIpc) is 1.28. The zero-order valence-corrected chi connectivity index (χ0v) is 66.7. The van der Waals surface area contributed by atoms with Crippen LogP contribution in [-0.2, 0) is 66.7 Å². The molecule has 3 rings (SSSR count). The molecule has 0 amide bonds. The summed E-state index contributed by atoms with van der Waals surface area (Å²) in [6.07, 6.45) is 28.2. The van der Waals surface area contributed by atoms with Crippen molar-refractivity contribution in [2.75, 3.05) is 0 Å². The molecule has 3 aliphatic carbocycles. The van der Waals surface area contributed by atoms with Crippen molar-refractivity contribution in [3.05, 3.63) is 0 Å². The maximum atomic E-state index is 11.9. The zero-order chi connectivity index (χ0) is 73.5. The number of carbonyl (C=O) groups excluding carboxylic acids is 7. The van der Waals surface area contributed by atoms with E-state index < -0.39 is 0 Å². The Balaban J connectivity index is -0.000000499. The van der Waals surface area contributed by atoms with E-state index in [-0.39, 0.29) is 121 Å². The van der Waals surface area contributed by atoms with Crippen LogP contribution >= 0.6 is 0 Å². The summed E-state index contributed by atoms with van der Waals surface area (Å²) in [4.78, 5) is 80.9. The summed E-state index contributed by atoms with van der Waals surface area (Å²) in [7, 11) is 0. The van der Waals surface area contributed by atoms with Gasteiger partial charge in [0, 0.05) is 0 Å². The molecule has 0 radical (unpaired) electrons. The first kappa shape index (κ1) is 95.7. The summed E-state index contributed by atoms with van der Waals surface area (Å²) in [5.41, 5.74) is -2.47. The van der Waals surface area contributed by atoms with Crippen LogP contribution in [0.25, 0.3) is 0 Å². The van der Waals surface area contributed by atoms with Crippen molar-refractivity contribution < 1.29 is 66.7 Å². The Morgan fingerprint density at radius 3 is 0.914 bits per heavy atom. The van der Waals surface area contributed by atoms with Crippen LogP contribution in [0.3, 0.4) is 0 Å². The highest BCUT2D eigenvalue weighted by Gasteiger charge is 2.38. The molecule has 3 aliphatic rings. The molecule has 0 N–H and O–H groups in total. The van der Waals surface area contributed by atoms with Crippen LogP contribution in [0.15, 0.2) is 0 Å². The minimum absolute atomic E-state index is 0.00116. The Labute approximate surface area is 573 Å². The number of hydrogen-bond donors (Lipinski definition) is 0. The van der Waals surface area contributed by atoms with Gasteiger partial charge in [-0.05, 0) is 252 Å². The molecule has 0 saturated heterocycles. The molecule has 14 nitrogen and oxygen atoms in total. The van der Waals surface area contributed by atoms with Gasteiger partial charge >= 0.3 is 41.8 Å². The molecule has 93 heavy (non-hydrogen) atoms. The number of rotatable bonds is 24. The summed E-state index contributed by atoms with van der Waals surface area (Å²) in [6.45, 7) is 60.8. The third kappa shape index (κ3) is 44.0. The molecule has 0 spiro atoms. The lowest BCUT2D eigenvalue weighted by atomic mass is 9.81. The Bertz CT molecular complexity index is 2050. The summed E-state index contributed by atoms with van der Waals surface area (Å²) in [5, 5.41) is 0. The topological polar surface area (TPSA) is 184 Å². The van der Waals surface area contributed by atoms with Crippen molar-refractivity contribution in [3.8, 4) is 0 Å². The predicted octanol–water partition coefficient (Wildman–Crippen LogP) is 22.1. The van der Waals surface area contributed by atoms with Crippen molar-refractivity contribution in [2.45, 2.75) is 427 Å². The highest BCUT2D eigenvalue weighted by atomic mass is 16.6. The number of carbonyl (C=O) groups is 7. The molecule has 0 aromatic carbocycles. The van der Waals surface area contributed by atoms with Gasteiger partial charge in [0.05, 0.1) is 40.4 Å². The van der Waals surface area contributed by atoms with Gasteiger partial charge in [-0.3, -0.25) is 33.6 Å². The number of ether oxygens (including phenoxy) is 7. The molecule has 5 atom stereocenters. The maximum absolute atomic E-state index is 11.9. The van der Waals surface area contributed by atoms with E-state index in [4.69, 9.17) is 33.2 Å². The lowest BCUT2D eigenvalue weighted by molar-refractivity contribution is -0.169. The van der Waals surface area contributed by atoms with E-state index in [9.17, 15) is 33.6 Å². The highest BCUT2D eigenvalue weighted by Crippen LogP contribution is 2.38. The van der Waals surface area contributed by atoms with Crippen LogP contribution in [-0.4, -0.2) is 81.0 Å². The average molecular weight is 1330 g/mol. The molecular formula is C79H152O14. The molecule has 0 aliphatic heterocycles. The molecule has 0 aromatic heterocycles. The molecule has 3 fully saturated rings. The normalized spacial score (nSPS) is 17.6. The molecule has 5 unspecified atom stereocenters. The van der Waals surface area contributed by atoms with E-state index in [0.29, 0.717) is 0 Å². The largest absolute Gasteiger partial charge is 0.460 e. The van der Waals surface area contributed by atoms with E-state index in [2.05, 4.69) is 20.8 Å². The molecule has 552 valence electrons. The highest BCUT2D eigenvalue weighted by molar-refractivity contribution is 5.77. The third-order valence-corrected chi connectivity index (χ3v) is 19.0. The quantitative estimate of drug-likeness (QED) is 0.0657. The van der Waals surface area contributed by atoms with E-state index in [1.807, 2.05) is 194 Å². The van der Waals surface area contributed by atoms with Crippen molar-refractivity contribution >= 4 is 41.8 Å². The Kier molecular flexibility index (Phi) is 47.8. The van der Waals surface area contributed by atoms with Crippen molar-refractivity contribution in [1.82, 2.24) is 0 Å². The fraction of sp³-hybridized carbons (Fsp3) is 0.911. The molecule has 0 bridgehead atoms. The second kappa shape index (κ2) is 46.5. The van der Waals surface area contributed by atoms with Crippen LogP contribution in [0, 0.1) is 40.4 Å². The first-order valence-electron chi connectivity index (χ1n) is 37.2. The van der Waals surface area contributed by atoms with E-state index >= 15 is 0 Å². The van der Waals surface area contributed by atoms with Crippen molar-refractivity contribution in [1.29, 1.82) is 0 Å². The Morgan fingerprint density at radius 1 is 0.333 bits per heavy atom. The first-order valence-corrected chi connectivity index (χ1v) is 37.2. The summed E-state index contributed by atoms with van der Waals surface area (Å²) >= 11 is 0.